The number of hydrogen-bond donors (Lipinski definition) is 1. The molecule has 0 spiro atoms. The van der Waals surface area contributed by atoms with Crippen LogP contribution in [-0.4, -0.2) is 22.4 Å². The van der Waals surface area contributed by atoms with Gasteiger partial charge in [-0.25, -0.2) is 0 Å². The summed E-state index contributed by atoms with van der Waals surface area (Å²) in [4.78, 5) is 4.14. The highest BCUT2D eigenvalue weighted by Gasteiger charge is 2.31. The van der Waals surface area contributed by atoms with Crippen LogP contribution in [0, 0.1) is 0 Å². The Kier molecular flexibility index (Phi) is 3.82. The van der Waals surface area contributed by atoms with E-state index in [2.05, 4.69) is 10.1 Å². The molecule has 0 saturated heterocycles. The second kappa shape index (κ2) is 4.72. The number of aliphatic hydroxyl groups is 1. The SMILES string of the molecule is CCC(O)c1noc(C(C)(CC)OC)n1. The third-order valence-corrected chi connectivity index (χ3v) is 2.70. The van der Waals surface area contributed by atoms with E-state index >= 15 is 0 Å². The second-order valence-electron chi connectivity index (χ2n) is 3.67. The van der Waals surface area contributed by atoms with Crippen molar-refractivity contribution in [1.82, 2.24) is 10.1 Å². The van der Waals surface area contributed by atoms with Gasteiger partial charge in [-0.2, -0.15) is 4.98 Å². The zero-order valence-corrected chi connectivity index (χ0v) is 9.65. The normalized spacial score (nSPS) is 17.4. The molecule has 1 N–H and O–H groups in total. The molecule has 86 valence electrons. The van der Waals surface area contributed by atoms with Crippen LogP contribution in [0.5, 0.6) is 0 Å². The molecule has 0 amide bonds. The van der Waals surface area contributed by atoms with E-state index in [1.807, 2.05) is 20.8 Å². The van der Waals surface area contributed by atoms with Gasteiger partial charge in [0.1, 0.15) is 11.7 Å². The number of rotatable bonds is 5. The third kappa shape index (κ3) is 2.35. The fourth-order valence-corrected chi connectivity index (χ4v) is 1.15. The lowest BCUT2D eigenvalue weighted by Gasteiger charge is -2.21. The fraction of sp³-hybridized carbons (Fsp3) is 0.800. The molecule has 0 aliphatic heterocycles. The van der Waals surface area contributed by atoms with Gasteiger partial charge in [-0.15, -0.1) is 0 Å². The minimum atomic E-state index is -0.666. The quantitative estimate of drug-likeness (QED) is 0.809. The Morgan fingerprint density at radius 2 is 2.20 bits per heavy atom. The van der Waals surface area contributed by atoms with Crippen LogP contribution in [0.4, 0.5) is 0 Å². The number of aliphatic hydroxyl groups excluding tert-OH is 1. The number of methoxy groups -OCH3 is 1. The van der Waals surface area contributed by atoms with Crippen LogP contribution in [0.2, 0.25) is 0 Å². The van der Waals surface area contributed by atoms with Crippen molar-refractivity contribution in [3.63, 3.8) is 0 Å². The molecule has 0 fully saturated rings. The van der Waals surface area contributed by atoms with Crippen molar-refractivity contribution in [2.24, 2.45) is 0 Å². The van der Waals surface area contributed by atoms with E-state index in [0.717, 1.165) is 6.42 Å². The first-order chi connectivity index (χ1) is 7.07. The van der Waals surface area contributed by atoms with Gasteiger partial charge in [0.05, 0.1) is 0 Å². The Morgan fingerprint density at radius 1 is 1.53 bits per heavy atom. The molecule has 1 heterocycles. The molecule has 0 bridgehead atoms. The van der Waals surface area contributed by atoms with Crippen LogP contribution < -0.4 is 0 Å². The summed E-state index contributed by atoms with van der Waals surface area (Å²) in [6, 6.07) is 0. The van der Waals surface area contributed by atoms with E-state index in [1.54, 1.807) is 7.11 Å². The smallest absolute Gasteiger partial charge is 0.258 e. The summed E-state index contributed by atoms with van der Waals surface area (Å²) < 4.78 is 10.4. The third-order valence-electron chi connectivity index (χ3n) is 2.70. The summed E-state index contributed by atoms with van der Waals surface area (Å²) in [5.74, 6) is 0.735. The molecule has 1 aromatic rings. The fourth-order valence-electron chi connectivity index (χ4n) is 1.15. The number of aromatic nitrogens is 2. The van der Waals surface area contributed by atoms with Crippen molar-refractivity contribution in [2.45, 2.75) is 45.3 Å². The maximum atomic E-state index is 9.53. The van der Waals surface area contributed by atoms with E-state index in [4.69, 9.17) is 9.26 Å². The average Bonchev–Trinajstić information content (AvgIpc) is 2.76. The highest BCUT2D eigenvalue weighted by atomic mass is 16.5. The van der Waals surface area contributed by atoms with Crippen molar-refractivity contribution >= 4 is 0 Å². The lowest BCUT2D eigenvalue weighted by atomic mass is 10.0. The summed E-state index contributed by atoms with van der Waals surface area (Å²) in [5, 5.41) is 13.3. The highest BCUT2D eigenvalue weighted by molar-refractivity contribution is 4.98. The Balaban J connectivity index is 2.92. The molecule has 15 heavy (non-hydrogen) atoms. The van der Waals surface area contributed by atoms with E-state index in [9.17, 15) is 5.11 Å². The molecule has 2 atom stereocenters. The van der Waals surface area contributed by atoms with Crippen LogP contribution in [-0.2, 0) is 10.3 Å². The molecule has 0 saturated carbocycles. The number of hydrogen-bond acceptors (Lipinski definition) is 5. The van der Waals surface area contributed by atoms with Crippen LogP contribution in [0.1, 0.15) is 51.4 Å². The lowest BCUT2D eigenvalue weighted by Crippen LogP contribution is -2.23. The van der Waals surface area contributed by atoms with E-state index in [0.29, 0.717) is 18.1 Å². The molecule has 0 aliphatic rings. The first kappa shape index (κ1) is 12.1. The summed E-state index contributed by atoms with van der Waals surface area (Å²) in [5.41, 5.74) is -0.571. The molecule has 5 heteroatoms. The van der Waals surface area contributed by atoms with Crippen molar-refractivity contribution in [1.29, 1.82) is 0 Å². The van der Waals surface area contributed by atoms with Crippen molar-refractivity contribution in [3.8, 4) is 0 Å². The van der Waals surface area contributed by atoms with Gasteiger partial charge in [-0.05, 0) is 19.8 Å². The molecule has 0 aromatic carbocycles. The Morgan fingerprint density at radius 3 is 2.67 bits per heavy atom. The van der Waals surface area contributed by atoms with Crippen LogP contribution >= 0.6 is 0 Å². The van der Waals surface area contributed by atoms with E-state index < -0.39 is 11.7 Å². The van der Waals surface area contributed by atoms with Gasteiger partial charge in [-0.3, -0.25) is 0 Å². The Bertz CT molecular complexity index is 307. The molecule has 0 aliphatic carbocycles. The molecule has 2 unspecified atom stereocenters. The first-order valence-corrected chi connectivity index (χ1v) is 5.14. The zero-order valence-electron chi connectivity index (χ0n) is 9.65. The van der Waals surface area contributed by atoms with E-state index in [1.165, 1.54) is 0 Å². The molecular weight excluding hydrogens is 196 g/mol. The van der Waals surface area contributed by atoms with Gasteiger partial charge in [0.25, 0.3) is 5.89 Å². The van der Waals surface area contributed by atoms with Gasteiger partial charge in [0.15, 0.2) is 5.82 Å². The van der Waals surface area contributed by atoms with Crippen molar-refractivity contribution < 1.29 is 14.4 Å². The monoisotopic (exact) mass is 214 g/mol. The molecule has 0 radical (unpaired) electrons. The minimum absolute atomic E-state index is 0.323. The maximum Gasteiger partial charge on any atom is 0.258 e. The van der Waals surface area contributed by atoms with Crippen molar-refractivity contribution in [2.75, 3.05) is 7.11 Å². The maximum absolute atomic E-state index is 9.53. The summed E-state index contributed by atoms with van der Waals surface area (Å²) in [6.07, 6.45) is 0.628. The standard InChI is InChI=1S/C10H18N2O3/c1-5-7(13)8-11-9(15-12-8)10(3,6-2)14-4/h7,13H,5-6H2,1-4H3. The minimum Gasteiger partial charge on any atom is -0.385 e. The van der Waals surface area contributed by atoms with E-state index in [-0.39, 0.29) is 0 Å². The largest absolute Gasteiger partial charge is 0.385 e. The molecule has 5 nitrogen and oxygen atoms in total. The van der Waals surface area contributed by atoms with Gasteiger partial charge in [0.2, 0.25) is 0 Å². The lowest BCUT2D eigenvalue weighted by molar-refractivity contribution is -0.0272. The topological polar surface area (TPSA) is 68.4 Å². The van der Waals surface area contributed by atoms with Gasteiger partial charge in [0, 0.05) is 7.11 Å². The summed E-state index contributed by atoms with van der Waals surface area (Å²) in [6.45, 7) is 5.71. The van der Waals surface area contributed by atoms with Gasteiger partial charge in [-0.1, -0.05) is 19.0 Å². The van der Waals surface area contributed by atoms with Gasteiger partial charge >= 0.3 is 0 Å². The molecular formula is C10H18N2O3. The first-order valence-electron chi connectivity index (χ1n) is 5.14. The Labute approximate surface area is 89.4 Å². The average molecular weight is 214 g/mol. The number of nitrogens with zero attached hydrogens (tertiary/aromatic N) is 2. The highest BCUT2D eigenvalue weighted by Crippen LogP contribution is 2.27. The Hall–Kier alpha value is -0.940. The summed E-state index contributed by atoms with van der Waals surface area (Å²) >= 11 is 0. The molecule has 1 rings (SSSR count). The van der Waals surface area contributed by atoms with Crippen molar-refractivity contribution in [3.05, 3.63) is 11.7 Å². The predicted molar refractivity (Wildman–Crippen MR) is 54.2 cm³/mol. The van der Waals surface area contributed by atoms with Crippen LogP contribution in [0.25, 0.3) is 0 Å². The predicted octanol–water partition coefficient (Wildman–Crippen LogP) is 1.78. The zero-order chi connectivity index (χ0) is 11.5. The van der Waals surface area contributed by atoms with Crippen LogP contribution in [0.15, 0.2) is 4.52 Å². The summed E-state index contributed by atoms with van der Waals surface area (Å²) in [7, 11) is 1.60. The molecule has 1 aromatic heterocycles. The van der Waals surface area contributed by atoms with Crippen LogP contribution in [0.3, 0.4) is 0 Å². The number of ether oxygens (including phenoxy) is 1. The van der Waals surface area contributed by atoms with Gasteiger partial charge < -0.3 is 14.4 Å². The second-order valence-corrected chi connectivity index (χ2v) is 3.67.